The van der Waals surface area contributed by atoms with Gasteiger partial charge in [0.1, 0.15) is 19.1 Å². The van der Waals surface area contributed by atoms with Crippen LogP contribution in [0.3, 0.4) is 0 Å². The molecule has 1 aromatic rings. The summed E-state index contributed by atoms with van der Waals surface area (Å²) in [6, 6.07) is 6.26. The molecule has 1 heterocycles. The van der Waals surface area contributed by atoms with Gasteiger partial charge in [0.15, 0.2) is 11.5 Å². The van der Waals surface area contributed by atoms with E-state index >= 15 is 0 Å². The zero-order valence-corrected chi connectivity index (χ0v) is 12.3. The van der Waals surface area contributed by atoms with E-state index in [0.717, 1.165) is 0 Å². The summed E-state index contributed by atoms with van der Waals surface area (Å²) in [6.07, 6.45) is 0.398. The Hall–Kier alpha value is -2.82. The van der Waals surface area contributed by atoms with Gasteiger partial charge in [-0.2, -0.15) is 5.26 Å². The van der Waals surface area contributed by atoms with Gasteiger partial charge in [-0.15, -0.1) is 0 Å². The van der Waals surface area contributed by atoms with Gasteiger partial charge >= 0.3 is 0 Å². The fourth-order valence-corrected chi connectivity index (χ4v) is 2.61. The van der Waals surface area contributed by atoms with Gasteiger partial charge in [-0.25, -0.2) is 0 Å². The molecule has 2 atom stereocenters. The van der Waals surface area contributed by atoms with Crippen LogP contribution >= 0.6 is 0 Å². The summed E-state index contributed by atoms with van der Waals surface area (Å²) in [5.41, 5.74) is 0.559. The fraction of sp³-hybridized carbons (Fsp3) is 0.467. The predicted molar refractivity (Wildman–Crippen MR) is 78.9 cm³/mol. The standard InChI is InChI=1S/C15H15N3O5/c16-4-1-5-17(15(19)11-9-12(11)18(20)21)10-2-3-13-14(8-10)23-7-6-22-13/h2-3,8,11-12H,1,5-7,9H2/t11-,12-/m0/s1. The van der Waals surface area contributed by atoms with Gasteiger partial charge in [0.05, 0.1) is 12.5 Å². The molecule has 3 rings (SSSR count). The topological polar surface area (TPSA) is 106 Å². The van der Waals surface area contributed by atoms with Gasteiger partial charge in [0, 0.05) is 29.6 Å². The quantitative estimate of drug-likeness (QED) is 0.600. The molecule has 0 bridgehead atoms. The van der Waals surface area contributed by atoms with Crippen LogP contribution in [0.5, 0.6) is 11.5 Å². The van der Waals surface area contributed by atoms with Crippen LogP contribution in [0.25, 0.3) is 0 Å². The lowest BCUT2D eigenvalue weighted by Crippen LogP contribution is -2.34. The van der Waals surface area contributed by atoms with Crippen molar-refractivity contribution in [3.8, 4) is 17.6 Å². The smallest absolute Gasteiger partial charge is 0.237 e. The normalized spacial score (nSPS) is 21.2. The Morgan fingerprint density at radius 1 is 1.39 bits per heavy atom. The average Bonchev–Trinajstić information content (AvgIpc) is 3.36. The van der Waals surface area contributed by atoms with Gasteiger partial charge < -0.3 is 14.4 Å². The van der Waals surface area contributed by atoms with E-state index in [1.54, 1.807) is 18.2 Å². The van der Waals surface area contributed by atoms with Crippen LogP contribution in [0.2, 0.25) is 0 Å². The van der Waals surface area contributed by atoms with E-state index in [1.165, 1.54) is 4.90 Å². The summed E-state index contributed by atoms with van der Waals surface area (Å²) >= 11 is 0. The first kappa shape index (κ1) is 15.1. The SMILES string of the molecule is N#CCCN(C(=O)[C@H]1C[C@@H]1[N+](=O)[O-])c1ccc2c(c1)OCCO2. The van der Waals surface area contributed by atoms with Crippen molar-refractivity contribution in [2.45, 2.75) is 18.9 Å². The number of fused-ring (bicyclic) bond motifs is 1. The lowest BCUT2D eigenvalue weighted by atomic mass is 10.2. The third-order valence-electron chi connectivity index (χ3n) is 3.90. The van der Waals surface area contributed by atoms with Crippen molar-refractivity contribution < 1.29 is 19.2 Å². The molecule has 1 fully saturated rings. The lowest BCUT2D eigenvalue weighted by molar-refractivity contribution is -0.497. The van der Waals surface area contributed by atoms with E-state index in [1.807, 2.05) is 6.07 Å². The van der Waals surface area contributed by atoms with Crippen LogP contribution in [0.15, 0.2) is 18.2 Å². The number of nitriles is 1. The molecule has 0 aromatic heterocycles. The molecule has 1 amide bonds. The number of carbonyl (C=O) groups excluding carboxylic acids is 1. The highest BCUT2D eigenvalue weighted by Crippen LogP contribution is 2.38. The highest BCUT2D eigenvalue weighted by Gasteiger charge is 2.54. The molecule has 1 saturated carbocycles. The minimum absolute atomic E-state index is 0.149. The van der Waals surface area contributed by atoms with Crippen molar-refractivity contribution in [3.63, 3.8) is 0 Å². The second-order valence-corrected chi connectivity index (χ2v) is 5.42. The zero-order chi connectivity index (χ0) is 16.4. The Morgan fingerprint density at radius 3 is 2.78 bits per heavy atom. The van der Waals surface area contributed by atoms with Gasteiger partial charge in [-0.3, -0.25) is 14.9 Å². The van der Waals surface area contributed by atoms with E-state index in [9.17, 15) is 14.9 Å². The number of nitrogens with zero attached hydrogens (tertiary/aromatic N) is 3. The third kappa shape index (κ3) is 3.04. The summed E-state index contributed by atoms with van der Waals surface area (Å²) in [5, 5.41) is 19.6. The lowest BCUT2D eigenvalue weighted by Gasteiger charge is -2.24. The Kier molecular flexibility index (Phi) is 4.02. The molecule has 0 saturated heterocycles. The molecule has 0 unspecified atom stereocenters. The number of ether oxygens (including phenoxy) is 2. The van der Waals surface area contributed by atoms with Gasteiger partial charge in [0.25, 0.3) is 0 Å². The maximum Gasteiger partial charge on any atom is 0.237 e. The van der Waals surface area contributed by atoms with Crippen molar-refractivity contribution in [1.82, 2.24) is 0 Å². The molecule has 1 aliphatic heterocycles. The Balaban J connectivity index is 1.83. The maximum atomic E-state index is 12.5. The molecule has 0 spiro atoms. The van der Waals surface area contributed by atoms with Crippen LogP contribution in [0.4, 0.5) is 5.69 Å². The van der Waals surface area contributed by atoms with Crippen LogP contribution in [-0.4, -0.2) is 36.6 Å². The van der Waals surface area contributed by atoms with E-state index in [-0.39, 0.29) is 25.3 Å². The first-order chi connectivity index (χ1) is 11.1. The minimum Gasteiger partial charge on any atom is -0.486 e. The number of amides is 1. The third-order valence-corrected chi connectivity index (χ3v) is 3.90. The average molecular weight is 317 g/mol. The maximum absolute atomic E-state index is 12.5. The number of carbonyl (C=O) groups is 1. The Labute approximate surface area is 132 Å². The molecule has 23 heavy (non-hydrogen) atoms. The van der Waals surface area contributed by atoms with Crippen molar-refractivity contribution >= 4 is 11.6 Å². The monoisotopic (exact) mass is 317 g/mol. The number of rotatable bonds is 5. The summed E-state index contributed by atoms with van der Waals surface area (Å²) in [6.45, 7) is 1.08. The molecule has 1 aliphatic carbocycles. The van der Waals surface area contributed by atoms with Gasteiger partial charge in [-0.1, -0.05) is 0 Å². The van der Waals surface area contributed by atoms with Crippen LogP contribution in [0.1, 0.15) is 12.8 Å². The largest absolute Gasteiger partial charge is 0.486 e. The number of anilines is 1. The highest BCUT2D eigenvalue weighted by molar-refractivity contribution is 5.97. The second-order valence-electron chi connectivity index (χ2n) is 5.42. The fourth-order valence-electron chi connectivity index (χ4n) is 2.61. The van der Waals surface area contributed by atoms with Gasteiger partial charge in [-0.05, 0) is 12.1 Å². The summed E-state index contributed by atoms with van der Waals surface area (Å²) in [4.78, 5) is 24.3. The van der Waals surface area contributed by atoms with Crippen LogP contribution < -0.4 is 14.4 Å². The molecule has 120 valence electrons. The number of nitro groups is 1. The Morgan fingerprint density at radius 2 is 2.13 bits per heavy atom. The summed E-state index contributed by atoms with van der Waals surface area (Å²) < 4.78 is 10.9. The van der Waals surface area contributed by atoms with Crippen molar-refractivity contribution in [1.29, 1.82) is 5.26 Å². The van der Waals surface area contributed by atoms with E-state index in [4.69, 9.17) is 14.7 Å². The molecule has 0 radical (unpaired) electrons. The van der Waals surface area contributed by atoms with Gasteiger partial charge in [0.2, 0.25) is 11.9 Å². The first-order valence-corrected chi connectivity index (χ1v) is 7.33. The number of benzene rings is 1. The van der Waals surface area contributed by atoms with Crippen molar-refractivity contribution in [2.24, 2.45) is 5.92 Å². The predicted octanol–water partition coefficient (Wildman–Crippen LogP) is 1.37. The van der Waals surface area contributed by atoms with E-state index in [2.05, 4.69) is 0 Å². The molecule has 2 aliphatic rings. The highest BCUT2D eigenvalue weighted by atomic mass is 16.6. The number of hydrogen-bond donors (Lipinski definition) is 0. The second kappa shape index (κ2) is 6.12. The van der Waals surface area contributed by atoms with Crippen LogP contribution in [-0.2, 0) is 4.79 Å². The summed E-state index contributed by atoms with van der Waals surface area (Å²) in [5.74, 6) is 0.197. The number of hydrogen-bond acceptors (Lipinski definition) is 6. The molecular formula is C15H15N3O5. The van der Waals surface area contributed by atoms with Crippen LogP contribution in [0, 0.1) is 27.4 Å². The zero-order valence-electron chi connectivity index (χ0n) is 12.3. The van der Waals surface area contributed by atoms with Crippen molar-refractivity contribution in [3.05, 3.63) is 28.3 Å². The van der Waals surface area contributed by atoms with E-state index < -0.39 is 16.9 Å². The Bertz CT molecular complexity index is 684. The first-order valence-electron chi connectivity index (χ1n) is 7.33. The molecular weight excluding hydrogens is 302 g/mol. The molecule has 1 aromatic carbocycles. The minimum atomic E-state index is -0.815. The molecule has 8 nitrogen and oxygen atoms in total. The molecule has 0 N–H and O–H groups in total. The van der Waals surface area contributed by atoms with Crippen molar-refractivity contribution in [2.75, 3.05) is 24.7 Å². The van der Waals surface area contributed by atoms with E-state index in [0.29, 0.717) is 30.4 Å². The summed E-state index contributed by atoms with van der Waals surface area (Å²) in [7, 11) is 0. The molecule has 8 heteroatoms.